The van der Waals surface area contributed by atoms with Crippen LogP contribution in [-0.4, -0.2) is 35.4 Å². The number of thiazole rings is 1. The number of halogens is 3. The van der Waals surface area contributed by atoms with Crippen LogP contribution in [0.3, 0.4) is 0 Å². The van der Waals surface area contributed by atoms with E-state index >= 15 is 0 Å². The maximum Gasteiger partial charge on any atom is 0.228 e. The van der Waals surface area contributed by atoms with Gasteiger partial charge < -0.3 is 10.6 Å². The maximum absolute atomic E-state index is 12.1. The smallest absolute Gasteiger partial charge is 0.228 e. The van der Waals surface area contributed by atoms with Crippen molar-refractivity contribution < 1.29 is 4.79 Å². The number of rotatable bonds is 5. The van der Waals surface area contributed by atoms with Crippen LogP contribution in [0.1, 0.15) is 12.6 Å². The number of benzene rings is 1. The first kappa shape index (κ1) is 22.2. The zero-order valence-corrected chi connectivity index (χ0v) is 16.1. The molecule has 0 aliphatic heterocycles. The maximum atomic E-state index is 12.1. The van der Waals surface area contributed by atoms with Gasteiger partial charge in [-0.05, 0) is 13.0 Å². The summed E-state index contributed by atoms with van der Waals surface area (Å²) in [6.45, 7) is 2.37. The molecule has 1 aromatic carbocycles. The third kappa shape index (κ3) is 5.62. The largest absolute Gasteiger partial charge is 0.341 e. The van der Waals surface area contributed by atoms with E-state index in [1.54, 1.807) is 11.9 Å². The van der Waals surface area contributed by atoms with Crippen molar-refractivity contribution in [1.29, 1.82) is 0 Å². The lowest BCUT2D eigenvalue weighted by atomic mass is 10.2. The van der Waals surface area contributed by atoms with Gasteiger partial charge in [0.1, 0.15) is 5.01 Å². The second-order valence-electron chi connectivity index (χ2n) is 4.89. The monoisotopic (exact) mass is 395 g/mol. The molecule has 8 heteroatoms. The topological polar surface area (TPSA) is 59.2 Å². The van der Waals surface area contributed by atoms with Crippen LogP contribution in [0.5, 0.6) is 0 Å². The van der Waals surface area contributed by atoms with Gasteiger partial charge in [0, 0.05) is 30.6 Å². The van der Waals surface area contributed by atoms with Gasteiger partial charge in [0.15, 0.2) is 0 Å². The minimum atomic E-state index is 0. The van der Waals surface area contributed by atoms with Crippen molar-refractivity contribution in [3.8, 4) is 10.6 Å². The van der Waals surface area contributed by atoms with Crippen LogP contribution < -0.4 is 5.73 Å². The highest BCUT2D eigenvalue weighted by molar-refractivity contribution is 7.13. The van der Waals surface area contributed by atoms with E-state index in [2.05, 4.69) is 4.98 Å². The van der Waals surface area contributed by atoms with E-state index < -0.39 is 0 Å². The molecule has 1 aromatic heterocycles. The Balaban J connectivity index is 0.00000242. The molecule has 0 bridgehead atoms. The van der Waals surface area contributed by atoms with Crippen LogP contribution in [0.25, 0.3) is 10.6 Å². The van der Waals surface area contributed by atoms with Crippen LogP contribution in [0, 0.1) is 0 Å². The van der Waals surface area contributed by atoms with Crippen molar-refractivity contribution in [1.82, 2.24) is 9.88 Å². The summed E-state index contributed by atoms with van der Waals surface area (Å²) in [6, 6.07) is 7.59. The molecule has 1 amide bonds. The number of hydrogen-bond acceptors (Lipinski definition) is 4. The van der Waals surface area contributed by atoms with E-state index in [4.69, 9.17) is 17.3 Å². The highest BCUT2D eigenvalue weighted by atomic mass is 35.5. The predicted molar refractivity (Wildman–Crippen MR) is 102 cm³/mol. The van der Waals surface area contributed by atoms with Crippen LogP contribution in [-0.2, 0) is 11.2 Å². The molecule has 2 N–H and O–H groups in total. The number of hydrogen-bond donors (Lipinski definition) is 1. The van der Waals surface area contributed by atoms with Crippen molar-refractivity contribution >= 4 is 53.7 Å². The first-order valence-corrected chi connectivity index (χ1v) is 7.93. The van der Waals surface area contributed by atoms with Crippen LogP contribution in [0.2, 0.25) is 5.02 Å². The second kappa shape index (κ2) is 10.1. The number of carbonyl (C=O) groups excluding carboxylic acids is 1. The summed E-state index contributed by atoms with van der Waals surface area (Å²) >= 11 is 7.66. The van der Waals surface area contributed by atoms with Gasteiger partial charge in [-0.1, -0.05) is 29.8 Å². The zero-order valence-electron chi connectivity index (χ0n) is 12.9. The van der Waals surface area contributed by atoms with E-state index in [1.807, 2.05) is 36.6 Å². The quantitative estimate of drug-likeness (QED) is 0.839. The minimum absolute atomic E-state index is 0. The fourth-order valence-corrected chi connectivity index (χ4v) is 2.97. The van der Waals surface area contributed by atoms with Crippen LogP contribution in [0.4, 0.5) is 0 Å². The number of carbonyl (C=O) groups is 1. The van der Waals surface area contributed by atoms with Crippen LogP contribution >= 0.6 is 47.8 Å². The van der Waals surface area contributed by atoms with Gasteiger partial charge >= 0.3 is 0 Å². The summed E-state index contributed by atoms with van der Waals surface area (Å²) in [5.74, 6) is 0.0176. The Morgan fingerprint density at radius 2 is 2.04 bits per heavy atom. The summed E-state index contributed by atoms with van der Waals surface area (Å²) < 4.78 is 0. The minimum Gasteiger partial charge on any atom is -0.341 e. The molecule has 1 heterocycles. The Hall–Kier alpha value is -0.850. The average molecular weight is 397 g/mol. The molecule has 0 spiro atoms. The fraction of sp³-hybridized carbons (Fsp3) is 0.333. The Morgan fingerprint density at radius 1 is 1.39 bits per heavy atom. The average Bonchev–Trinajstić information content (AvgIpc) is 2.94. The van der Waals surface area contributed by atoms with Crippen molar-refractivity contribution in [2.75, 3.05) is 13.6 Å². The molecule has 128 valence electrons. The molecule has 0 radical (unpaired) electrons. The Kier molecular flexibility index (Phi) is 9.73. The summed E-state index contributed by atoms with van der Waals surface area (Å²) in [5.41, 5.74) is 7.23. The van der Waals surface area contributed by atoms with E-state index in [-0.39, 0.29) is 43.2 Å². The lowest BCUT2D eigenvalue weighted by molar-refractivity contribution is -0.130. The van der Waals surface area contributed by atoms with Gasteiger partial charge in [-0.2, -0.15) is 0 Å². The van der Waals surface area contributed by atoms with Crippen molar-refractivity contribution in [3.05, 3.63) is 40.4 Å². The van der Waals surface area contributed by atoms with Gasteiger partial charge in [-0.3, -0.25) is 4.79 Å². The normalized spacial score (nSPS) is 11.1. The fourth-order valence-electron chi connectivity index (χ4n) is 1.83. The van der Waals surface area contributed by atoms with Gasteiger partial charge in [-0.15, -0.1) is 36.2 Å². The van der Waals surface area contributed by atoms with Crippen LogP contribution in [0.15, 0.2) is 29.6 Å². The lowest BCUT2D eigenvalue weighted by Gasteiger charge is -2.23. The van der Waals surface area contributed by atoms with Gasteiger partial charge in [0.2, 0.25) is 5.91 Å². The molecular formula is C15H20Cl3N3OS. The van der Waals surface area contributed by atoms with E-state index in [0.29, 0.717) is 11.6 Å². The highest BCUT2D eigenvalue weighted by Gasteiger charge is 2.17. The SMILES string of the molecule is CC(CN)N(C)C(=O)Cc1csc(-c2ccccc2Cl)n1.Cl.Cl. The number of nitrogens with two attached hydrogens (primary N) is 1. The third-order valence-corrected chi connectivity index (χ3v) is 4.64. The molecule has 4 nitrogen and oxygen atoms in total. The summed E-state index contributed by atoms with van der Waals surface area (Å²) in [6.07, 6.45) is 0.280. The summed E-state index contributed by atoms with van der Waals surface area (Å²) in [4.78, 5) is 18.3. The first-order chi connectivity index (χ1) is 10.0. The van der Waals surface area contributed by atoms with Crippen molar-refractivity contribution in [3.63, 3.8) is 0 Å². The predicted octanol–water partition coefficient (Wildman–Crippen LogP) is 3.66. The lowest BCUT2D eigenvalue weighted by Crippen LogP contribution is -2.40. The molecule has 23 heavy (non-hydrogen) atoms. The molecule has 1 unspecified atom stereocenters. The Labute approximate surface area is 157 Å². The summed E-state index contributed by atoms with van der Waals surface area (Å²) in [7, 11) is 1.77. The van der Waals surface area contributed by atoms with Gasteiger partial charge in [0.25, 0.3) is 0 Å². The third-order valence-electron chi connectivity index (χ3n) is 3.38. The van der Waals surface area contributed by atoms with E-state index in [0.717, 1.165) is 16.3 Å². The second-order valence-corrected chi connectivity index (χ2v) is 6.16. The molecule has 1 atom stereocenters. The summed E-state index contributed by atoms with van der Waals surface area (Å²) in [5, 5.41) is 3.40. The van der Waals surface area contributed by atoms with E-state index in [1.165, 1.54) is 11.3 Å². The Morgan fingerprint density at radius 3 is 2.65 bits per heavy atom. The molecule has 2 rings (SSSR count). The Bertz CT molecular complexity index is 636. The van der Waals surface area contributed by atoms with Gasteiger partial charge in [0.05, 0.1) is 17.1 Å². The first-order valence-electron chi connectivity index (χ1n) is 6.68. The standard InChI is InChI=1S/C15H18ClN3OS.2ClH/c1-10(8-17)19(2)14(20)7-11-9-21-15(18-11)12-5-3-4-6-13(12)16;;/h3-6,9-10H,7-8,17H2,1-2H3;2*1H. The number of likely N-dealkylation sites (N-methyl/N-ethyl adjacent to an activating group) is 1. The van der Waals surface area contributed by atoms with Crippen molar-refractivity contribution in [2.24, 2.45) is 5.73 Å². The van der Waals surface area contributed by atoms with Crippen molar-refractivity contribution in [2.45, 2.75) is 19.4 Å². The van der Waals surface area contributed by atoms with E-state index in [9.17, 15) is 4.79 Å². The number of nitrogens with zero attached hydrogens (tertiary/aromatic N) is 2. The molecule has 0 saturated carbocycles. The molecule has 0 aliphatic carbocycles. The molecule has 2 aromatic rings. The number of aromatic nitrogens is 1. The highest BCUT2D eigenvalue weighted by Crippen LogP contribution is 2.30. The molecule has 0 fully saturated rings. The van der Waals surface area contributed by atoms with Gasteiger partial charge in [-0.25, -0.2) is 4.98 Å². The molecular weight excluding hydrogens is 377 g/mol. The molecule has 0 saturated heterocycles. The number of amides is 1. The zero-order chi connectivity index (χ0) is 15.4. The molecule has 0 aliphatic rings.